The number of guanidine groups is 1. The monoisotopic (exact) mass is 479 g/mol. The smallest absolute Gasteiger partial charge is 0.232 e. The first-order valence-corrected chi connectivity index (χ1v) is 12.0. The van der Waals surface area contributed by atoms with Gasteiger partial charge in [0.15, 0.2) is 5.96 Å². The molecule has 1 fully saturated rings. The minimum absolute atomic E-state index is 0.0918. The topological polar surface area (TPSA) is 110 Å². The second-order valence-corrected chi connectivity index (χ2v) is 10.4. The molecule has 0 saturated heterocycles. The number of hydrogen-bond donors (Lipinski definition) is 2. The number of amides is 2. The van der Waals surface area contributed by atoms with Gasteiger partial charge in [-0.1, -0.05) is 18.2 Å². The van der Waals surface area contributed by atoms with Crippen molar-refractivity contribution in [3.05, 3.63) is 59.7 Å². The van der Waals surface area contributed by atoms with Gasteiger partial charge in [-0.15, -0.1) is 0 Å². The van der Waals surface area contributed by atoms with E-state index in [-0.39, 0.29) is 48.1 Å². The van der Waals surface area contributed by atoms with Crippen molar-refractivity contribution in [1.29, 1.82) is 0 Å². The summed E-state index contributed by atoms with van der Waals surface area (Å²) in [5.74, 6) is -0.519. The van der Waals surface area contributed by atoms with Crippen LogP contribution in [0, 0.1) is 17.7 Å². The molecule has 3 N–H and O–H groups in total. The molecule has 3 aliphatic rings. The molecule has 2 amide bonds. The van der Waals surface area contributed by atoms with Crippen molar-refractivity contribution in [2.24, 2.45) is 22.6 Å². The SMILES string of the molecule is C[C@@H]1CC(=O)N(C(c2cncc(F)c2)C2CC2C(=O)N[C@H]2CC(C)(C)Oc3ccccc32)C(N)=N1. The summed E-state index contributed by atoms with van der Waals surface area (Å²) in [6.07, 6.45) is 4.02. The van der Waals surface area contributed by atoms with Crippen LogP contribution in [-0.4, -0.2) is 39.3 Å². The van der Waals surface area contributed by atoms with Gasteiger partial charge in [-0.25, -0.2) is 9.38 Å². The lowest BCUT2D eigenvalue weighted by molar-refractivity contribution is -0.131. The van der Waals surface area contributed by atoms with Crippen LogP contribution in [0.15, 0.2) is 47.7 Å². The summed E-state index contributed by atoms with van der Waals surface area (Å²) in [6.45, 7) is 5.82. The molecule has 0 radical (unpaired) electrons. The predicted molar refractivity (Wildman–Crippen MR) is 128 cm³/mol. The fourth-order valence-electron chi connectivity index (χ4n) is 5.36. The van der Waals surface area contributed by atoms with E-state index in [4.69, 9.17) is 10.5 Å². The van der Waals surface area contributed by atoms with E-state index < -0.39 is 17.5 Å². The Morgan fingerprint density at radius 2 is 2.09 bits per heavy atom. The molecule has 5 atom stereocenters. The molecule has 3 unspecified atom stereocenters. The van der Waals surface area contributed by atoms with Gasteiger partial charge in [-0.3, -0.25) is 19.5 Å². The largest absolute Gasteiger partial charge is 0.487 e. The van der Waals surface area contributed by atoms with E-state index in [0.29, 0.717) is 18.4 Å². The van der Waals surface area contributed by atoms with Gasteiger partial charge in [0.1, 0.15) is 17.2 Å². The zero-order chi connectivity index (χ0) is 24.9. The highest BCUT2D eigenvalue weighted by atomic mass is 19.1. The van der Waals surface area contributed by atoms with Gasteiger partial charge in [-0.05, 0) is 50.8 Å². The molecule has 2 aromatic rings. The number of nitrogens with one attached hydrogen (secondary N) is 1. The van der Waals surface area contributed by atoms with E-state index in [1.54, 1.807) is 0 Å². The number of nitrogens with zero attached hydrogens (tertiary/aromatic N) is 3. The van der Waals surface area contributed by atoms with Crippen molar-refractivity contribution >= 4 is 17.8 Å². The molecule has 1 aromatic heterocycles. The maximum Gasteiger partial charge on any atom is 0.232 e. The summed E-state index contributed by atoms with van der Waals surface area (Å²) in [7, 11) is 0. The molecule has 1 saturated carbocycles. The summed E-state index contributed by atoms with van der Waals surface area (Å²) in [5, 5.41) is 3.20. The number of pyridine rings is 1. The lowest BCUT2D eigenvalue weighted by atomic mass is 9.89. The Morgan fingerprint density at radius 3 is 2.83 bits per heavy atom. The molecule has 9 heteroatoms. The first kappa shape index (κ1) is 23.3. The number of aromatic nitrogens is 1. The maximum atomic E-state index is 14.1. The first-order chi connectivity index (χ1) is 16.6. The summed E-state index contributed by atoms with van der Waals surface area (Å²) >= 11 is 0. The molecular weight excluding hydrogens is 449 g/mol. The van der Waals surface area contributed by atoms with E-state index in [0.717, 1.165) is 17.5 Å². The maximum absolute atomic E-state index is 14.1. The average molecular weight is 480 g/mol. The minimum atomic E-state index is -0.615. The Bertz CT molecular complexity index is 1200. The first-order valence-electron chi connectivity index (χ1n) is 12.0. The van der Waals surface area contributed by atoms with Crippen molar-refractivity contribution in [3.63, 3.8) is 0 Å². The number of aliphatic imine (C=N–C) groups is 1. The van der Waals surface area contributed by atoms with Crippen LogP contribution in [0.4, 0.5) is 4.39 Å². The second kappa shape index (κ2) is 8.62. The number of carbonyl (C=O) groups is 2. The van der Waals surface area contributed by atoms with Gasteiger partial charge in [0, 0.05) is 30.5 Å². The lowest BCUT2D eigenvalue weighted by Gasteiger charge is -2.38. The van der Waals surface area contributed by atoms with Gasteiger partial charge in [0.2, 0.25) is 11.8 Å². The van der Waals surface area contributed by atoms with Gasteiger partial charge in [0.25, 0.3) is 0 Å². The Kier molecular flexibility index (Phi) is 5.73. The van der Waals surface area contributed by atoms with Gasteiger partial charge in [0.05, 0.1) is 24.3 Å². The van der Waals surface area contributed by atoms with E-state index in [9.17, 15) is 14.0 Å². The summed E-state index contributed by atoms with van der Waals surface area (Å²) < 4.78 is 20.2. The minimum Gasteiger partial charge on any atom is -0.487 e. The molecule has 5 rings (SSSR count). The van der Waals surface area contributed by atoms with E-state index >= 15 is 0 Å². The molecule has 35 heavy (non-hydrogen) atoms. The summed E-state index contributed by atoms with van der Waals surface area (Å²) in [6, 6.07) is 8.03. The predicted octanol–water partition coefficient (Wildman–Crippen LogP) is 3.25. The normalized spacial score (nSPS) is 27.8. The molecule has 3 heterocycles. The molecule has 1 aliphatic carbocycles. The number of hydrogen-bond acceptors (Lipinski definition) is 6. The third-order valence-electron chi connectivity index (χ3n) is 6.96. The van der Waals surface area contributed by atoms with E-state index in [1.165, 1.54) is 17.2 Å². The van der Waals surface area contributed by atoms with Crippen molar-refractivity contribution in [2.75, 3.05) is 0 Å². The molecule has 0 bridgehead atoms. The Labute approximate surface area is 203 Å². The van der Waals surface area contributed by atoms with Crippen molar-refractivity contribution in [1.82, 2.24) is 15.2 Å². The number of para-hydroxylation sites is 1. The second-order valence-electron chi connectivity index (χ2n) is 10.4. The van der Waals surface area contributed by atoms with E-state index in [2.05, 4.69) is 15.3 Å². The van der Waals surface area contributed by atoms with Crippen LogP contribution in [0.1, 0.15) is 63.2 Å². The molecule has 8 nitrogen and oxygen atoms in total. The number of fused-ring (bicyclic) bond motifs is 1. The number of ether oxygens (including phenoxy) is 1. The molecule has 2 aliphatic heterocycles. The van der Waals surface area contributed by atoms with Crippen molar-refractivity contribution < 1.29 is 18.7 Å². The van der Waals surface area contributed by atoms with Crippen LogP contribution in [0.2, 0.25) is 0 Å². The lowest BCUT2D eigenvalue weighted by Crippen LogP contribution is -2.49. The standard InChI is InChI=1S/C26H30FN5O3/c1-14-8-22(33)32(25(28)30-14)23(15-9-16(27)13-29-12-15)18-10-19(18)24(34)31-20-11-26(2,3)35-21-7-5-4-6-17(20)21/h4-7,9,12-14,18-20,23H,8,10-11H2,1-3H3,(H2,28,30)(H,31,34)/t14-,18?,19?,20+,23?/m1/s1. The number of halogens is 1. The zero-order valence-electron chi connectivity index (χ0n) is 20.1. The molecular formula is C26H30FN5O3. The third-order valence-corrected chi connectivity index (χ3v) is 6.96. The number of benzene rings is 1. The van der Waals surface area contributed by atoms with Gasteiger partial charge >= 0.3 is 0 Å². The van der Waals surface area contributed by atoms with Crippen LogP contribution in [0.3, 0.4) is 0 Å². The fraction of sp³-hybridized carbons (Fsp3) is 0.462. The summed E-state index contributed by atoms with van der Waals surface area (Å²) in [5.41, 5.74) is 7.21. The zero-order valence-corrected chi connectivity index (χ0v) is 20.1. The highest BCUT2D eigenvalue weighted by Crippen LogP contribution is 2.51. The van der Waals surface area contributed by atoms with Gasteiger partial charge in [-0.2, -0.15) is 0 Å². The third kappa shape index (κ3) is 4.59. The Hall–Kier alpha value is -3.49. The van der Waals surface area contributed by atoms with Crippen LogP contribution in [-0.2, 0) is 9.59 Å². The Morgan fingerprint density at radius 1 is 1.31 bits per heavy atom. The molecule has 1 aromatic carbocycles. The quantitative estimate of drug-likeness (QED) is 0.684. The molecule has 0 spiro atoms. The Balaban J connectivity index is 1.40. The van der Waals surface area contributed by atoms with Crippen LogP contribution >= 0.6 is 0 Å². The van der Waals surface area contributed by atoms with Crippen LogP contribution < -0.4 is 15.8 Å². The van der Waals surface area contributed by atoms with E-state index in [1.807, 2.05) is 45.0 Å². The number of nitrogens with two attached hydrogens (primary N) is 1. The van der Waals surface area contributed by atoms with Crippen molar-refractivity contribution in [2.45, 2.75) is 63.8 Å². The molecule has 184 valence electrons. The highest BCUT2D eigenvalue weighted by molar-refractivity contribution is 5.99. The fourth-order valence-corrected chi connectivity index (χ4v) is 5.36. The van der Waals surface area contributed by atoms with Crippen LogP contribution in [0.5, 0.6) is 5.75 Å². The summed E-state index contributed by atoms with van der Waals surface area (Å²) in [4.78, 5) is 36.1. The number of rotatable bonds is 5. The van der Waals surface area contributed by atoms with Crippen molar-refractivity contribution in [3.8, 4) is 5.75 Å². The van der Waals surface area contributed by atoms with Crippen LogP contribution in [0.25, 0.3) is 0 Å². The highest BCUT2D eigenvalue weighted by Gasteiger charge is 2.53. The average Bonchev–Trinajstić information content (AvgIpc) is 3.56. The number of carbonyl (C=O) groups excluding carboxylic acids is 2. The van der Waals surface area contributed by atoms with Gasteiger partial charge < -0.3 is 15.8 Å².